The van der Waals surface area contributed by atoms with Crippen molar-refractivity contribution >= 4 is 23.6 Å². The first-order valence-corrected chi connectivity index (χ1v) is 7.64. The van der Waals surface area contributed by atoms with Crippen molar-refractivity contribution < 1.29 is 14.7 Å². The van der Waals surface area contributed by atoms with Crippen molar-refractivity contribution in [2.24, 2.45) is 0 Å². The molecule has 0 spiro atoms. The first-order chi connectivity index (χ1) is 9.43. The fraction of sp³-hybridized carbons (Fsp3) is 0.467. The van der Waals surface area contributed by atoms with Crippen LogP contribution in [0, 0.1) is 13.8 Å². The van der Waals surface area contributed by atoms with Crippen molar-refractivity contribution in [1.29, 1.82) is 0 Å². The van der Waals surface area contributed by atoms with E-state index in [1.807, 2.05) is 32.9 Å². The number of hydrogen-bond acceptors (Lipinski definition) is 3. The van der Waals surface area contributed by atoms with Gasteiger partial charge in [-0.15, -0.1) is 11.8 Å². The zero-order chi connectivity index (χ0) is 15.1. The van der Waals surface area contributed by atoms with Crippen LogP contribution in [0.2, 0.25) is 0 Å². The van der Waals surface area contributed by atoms with Crippen molar-refractivity contribution in [2.45, 2.75) is 44.6 Å². The molecule has 0 fully saturated rings. The average molecular weight is 295 g/mol. The van der Waals surface area contributed by atoms with Crippen molar-refractivity contribution in [3.63, 3.8) is 0 Å². The van der Waals surface area contributed by atoms with Crippen molar-refractivity contribution in [3.8, 4) is 0 Å². The lowest BCUT2D eigenvalue weighted by molar-refractivity contribution is -0.141. The molecule has 1 atom stereocenters. The SMILES string of the molecule is CCCC(NC(=O)CSc1ccc(C)cc1C)C(=O)O. The van der Waals surface area contributed by atoms with Crippen LogP contribution in [0.25, 0.3) is 0 Å². The maximum atomic E-state index is 11.8. The number of aliphatic carboxylic acids is 1. The highest BCUT2D eigenvalue weighted by Crippen LogP contribution is 2.22. The quantitative estimate of drug-likeness (QED) is 0.759. The summed E-state index contributed by atoms with van der Waals surface area (Å²) >= 11 is 1.43. The Bertz CT molecular complexity index is 488. The van der Waals surface area contributed by atoms with Crippen molar-refractivity contribution in [2.75, 3.05) is 5.75 Å². The standard InChI is InChI=1S/C15H21NO3S/c1-4-5-12(15(18)19)16-14(17)9-20-13-7-6-10(2)8-11(13)3/h6-8,12H,4-5,9H2,1-3H3,(H,16,17)(H,18,19). The van der Waals surface area contributed by atoms with Crippen molar-refractivity contribution in [3.05, 3.63) is 29.3 Å². The van der Waals surface area contributed by atoms with E-state index in [-0.39, 0.29) is 11.7 Å². The van der Waals surface area contributed by atoms with E-state index >= 15 is 0 Å². The molecule has 20 heavy (non-hydrogen) atoms. The molecule has 0 aromatic heterocycles. The van der Waals surface area contributed by atoms with E-state index in [2.05, 4.69) is 11.4 Å². The lowest BCUT2D eigenvalue weighted by Gasteiger charge is -2.13. The minimum atomic E-state index is -0.975. The minimum Gasteiger partial charge on any atom is -0.480 e. The van der Waals surface area contributed by atoms with E-state index in [0.29, 0.717) is 6.42 Å². The van der Waals surface area contributed by atoms with Gasteiger partial charge in [0, 0.05) is 4.90 Å². The first kappa shape index (κ1) is 16.6. The summed E-state index contributed by atoms with van der Waals surface area (Å²) < 4.78 is 0. The van der Waals surface area contributed by atoms with E-state index in [4.69, 9.17) is 5.11 Å². The van der Waals surface area contributed by atoms with E-state index in [1.54, 1.807) is 0 Å². The van der Waals surface area contributed by atoms with Crippen LogP contribution >= 0.6 is 11.8 Å². The number of thioether (sulfide) groups is 1. The van der Waals surface area contributed by atoms with Crippen LogP contribution in [0.1, 0.15) is 30.9 Å². The number of carboxylic acids is 1. The molecule has 1 aromatic carbocycles. The molecule has 110 valence electrons. The van der Waals surface area contributed by atoms with Gasteiger partial charge in [0.1, 0.15) is 6.04 Å². The fourth-order valence-electron chi connectivity index (χ4n) is 1.89. The van der Waals surface area contributed by atoms with Crippen molar-refractivity contribution in [1.82, 2.24) is 5.32 Å². The number of aryl methyl sites for hydroxylation is 2. The van der Waals surface area contributed by atoms with Gasteiger partial charge in [0.25, 0.3) is 0 Å². The summed E-state index contributed by atoms with van der Waals surface area (Å²) in [5.74, 6) is -0.982. The molecule has 0 aliphatic heterocycles. The molecule has 0 saturated carbocycles. The molecule has 5 heteroatoms. The summed E-state index contributed by atoms with van der Waals surface area (Å²) in [6.45, 7) is 5.92. The van der Waals surface area contributed by atoms with E-state index in [1.165, 1.54) is 17.3 Å². The first-order valence-electron chi connectivity index (χ1n) is 6.66. The molecule has 0 radical (unpaired) electrons. The molecular formula is C15H21NO3S. The summed E-state index contributed by atoms with van der Waals surface area (Å²) in [7, 11) is 0. The van der Waals surface area contributed by atoms with Gasteiger partial charge >= 0.3 is 5.97 Å². The van der Waals surface area contributed by atoms with E-state index in [0.717, 1.165) is 16.9 Å². The number of nitrogens with one attached hydrogen (secondary N) is 1. The summed E-state index contributed by atoms with van der Waals surface area (Å²) in [5, 5.41) is 11.6. The summed E-state index contributed by atoms with van der Waals surface area (Å²) in [5.41, 5.74) is 2.32. The molecule has 0 aliphatic rings. The Morgan fingerprint density at radius 2 is 2.05 bits per heavy atom. The van der Waals surface area contributed by atoms with Crippen LogP contribution < -0.4 is 5.32 Å². The van der Waals surface area contributed by atoms with Crippen LogP contribution in [-0.4, -0.2) is 28.8 Å². The highest BCUT2D eigenvalue weighted by molar-refractivity contribution is 8.00. The predicted molar refractivity (Wildman–Crippen MR) is 81.1 cm³/mol. The molecule has 2 N–H and O–H groups in total. The zero-order valence-corrected chi connectivity index (χ0v) is 12.9. The Hall–Kier alpha value is -1.49. The maximum absolute atomic E-state index is 11.8. The lowest BCUT2D eigenvalue weighted by Crippen LogP contribution is -2.41. The van der Waals surface area contributed by atoms with Gasteiger partial charge in [0.2, 0.25) is 5.91 Å². The largest absolute Gasteiger partial charge is 0.480 e. The van der Waals surface area contributed by atoms with Crippen LogP contribution in [0.4, 0.5) is 0 Å². The third kappa shape index (κ3) is 5.25. The molecule has 0 bridgehead atoms. The average Bonchev–Trinajstić information content (AvgIpc) is 2.37. The number of hydrogen-bond donors (Lipinski definition) is 2. The Kier molecular flexibility index (Phi) is 6.58. The molecule has 1 amide bonds. The predicted octanol–water partition coefficient (Wildman–Crippen LogP) is 2.77. The number of amides is 1. The van der Waals surface area contributed by atoms with Crippen LogP contribution in [-0.2, 0) is 9.59 Å². The second-order valence-corrected chi connectivity index (χ2v) is 5.82. The van der Waals surface area contributed by atoms with Gasteiger partial charge in [-0.25, -0.2) is 4.79 Å². The van der Waals surface area contributed by atoms with Gasteiger partial charge in [0.15, 0.2) is 0 Å². The number of carbonyl (C=O) groups excluding carboxylic acids is 1. The Balaban J connectivity index is 2.52. The second kappa shape index (κ2) is 7.94. The summed E-state index contributed by atoms with van der Waals surface area (Å²) in [6.07, 6.45) is 1.18. The summed E-state index contributed by atoms with van der Waals surface area (Å²) in [4.78, 5) is 23.8. The van der Waals surface area contributed by atoms with Gasteiger partial charge in [-0.1, -0.05) is 31.0 Å². The second-order valence-electron chi connectivity index (χ2n) is 4.80. The van der Waals surface area contributed by atoms with Gasteiger partial charge in [-0.05, 0) is 31.9 Å². The highest BCUT2D eigenvalue weighted by Gasteiger charge is 2.18. The fourth-order valence-corrected chi connectivity index (χ4v) is 2.71. The highest BCUT2D eigenvalue weighted by atomic mass is 32.2. The van der Waals surface area contributed by atoms with Crippen LogP contribution in [0.15, 0.2) is 23.1 Å². The normalized spacial score (nSPS) is 11.9. The third-order valence-electron chi connectivity index (χ3n) is 2.90. The molecule has 4 nitrogen and oxygen atoms in total. The Labute approximate surface area is 124 Å². The molecule has 0 aliphatic carbocycles. The van der Waals surface area contributed by atoms with Gasteiger partial charge < -0.3 is 10.4 Å². The molecule has 0 saturated heterocycles. The number of carbonyl (C=O) groups is 2. The maximum Gasteiger partial charge on any atom is 0.326 e. The Morgan fingerprint density at radius 1 is 1.35 bits per heavy atom. The zero-order valence-electron chi connectivity index (χ0n) is 12.1. The number of benzene rings is 1. The van der Waals surface area contributed by atoms with Crippen LogP contribution in [0.5, 0.6) is 0 Å². The molecule has 1 unspecified atom stereocenters. The smallest absolute Gasteiger partial charge is 0.326 e. The summed E-state index contributed by atoms with van der Waals surface area (Å²) in [6, 6.07) is 5.28. The molecule has 1 rings (SSSR count). The van der Waals surface area contributed by atoms with Crippen LogP contribution in [0.3, 0.4) is 0 Å². The molecule has 1 aromatic rings. The topological polar surface area (TPSA) is 66.4 Å². The van der Waals surface area contributed by atoms with E-state index in [9.17, 15) is 9.59 Å². The number of carboxylic acid groups (broad SMARTS) is 1. The van der Waals surface area contributed by atoms with Gasteiger partial charge in [-0.3, -0.25) is 4.79 Å². The number of rotatable bonds is 7. The Morgan fingerprint density at radius 3 is 2.60 bits per heavy atom. The minimum absolute atomic E-state index is 0.234. The monoisotopic (exact) mass is 295 g/mol. The molecule has 0 heterocycles. The van der Waals surface area contributed by atoms with Gasteiger partial charge in [0.05, 0.1) is 5.75 Å². The van der Waals surface area contributed by atoms with E-state index < -0.39 is 12.0 Å². The molecular weight excluding hydrogens is 274 g/mol. The lowest BCUT2D eigenvalue weighted by atomic mass is 10.2. The van der Waals surface area contributed by atoms with Gasteiger partial charge in [-0.2, -0.15) is 0 Å². The third-order valence-corrected chi connectivity index (χ3v) is 4.08.